The Kier molecular flexibility index (Phi) is 11.0. The van der Waals surface area contributed by atoms with Gasteiger partial charge in [0, 0.05) is 18.7 Å². The summed E-state index contributed by atoms with van der Waals surface area (Å²) in [4.78, 5) is 52.9. The van der Waals surface area contributed by atoms with Crippen molar-refractivity contribution in [3.63, 3.8) is 0 Å². The van der Waals surface area contributed by atoms with Gasteiger partial charge in [-0.05, 0) is 54.7 Å². The highest BCUT2D eigenvalue weighted by Crippen LogP contribution is 2.23. The lowest BCUT2D eigenvalue weighted by atomic mass is 9.88. The average Bonchev–Trinajstić information content (AvgIpc) is 3.03. The molecule has 11 nitrogen and oxygen atoms in total. The lowest BCUT2D eigenvalue weighted by molar-refractivity contribution is -0.143. The minimum Gasteiger partial charge on any atom is -0.460 e. The number of nitrogens with zero attached hydrogens (tertiary/aromatic N) is 1. The minimum atomic E-state index is -4.17. The van der Waals surface area contributed by atoms with Gasteiger partial charge in [0.1, 0.15) is 18.8 Å². The van der Waals surface area contributed by atoms with E-state index in [9.17, 15) is 27.6 Å². The third-order valence-electron chi connectivity index (χ3n) is 7.04. The van der Waals surface area contributed by atoms with Crippen molar-refractivity contribution >= 4 is 33.7 Å². The highest BCUT2D eigenvalue weighted by Gasteiger charge is 2.21. The predicted octanol–water partition coefficient (Wildman–Crippen LogP) is 2.91. The first kappa shape index (κ1) is 31.4. The van der Waals surface area contributed by atoms with E-state index in [2.05, 4.69) is 15.6 Å². The van der Waals surface area contributed by atoms with Crippen LogP contribution >= 0.6 is 0 Å². The Morgan fingerprint density at radius 2 is 1.53 bits per heavy atom. The second kappa shape index (κ2) is 15.1. The molecule has 0 spiro atoms. The Morgan fingerprint density at radius 1 is 0.814 bits per heavy atom. The number of hydrogen-bond donors (Lipinski definition) is 3. The van der Waals surface area contributed by atoms with E-state index in [-0.39, 0.29) is 41.1 Å². The number of sulfonamides is 1. The van der Waals surface area contributed by atoms with Gasteiger partial charge in [0.2, 0.25) is 5.91 Å². The van der Waals surface area contributed by atoms with Crippen LogP contribution in [0.15, 0.2) is 77.8 Å². The second-order valence-electron chi connectivity index (χ2n) is 10.2. The summed E-state index contributed by atoms with van der Waals surface area (Å²) in [5.74, 6) is -2.06. The number of carbonyl (C=O) groups is 4. The molecule has 1 saturated carbocycles. The zero-order valence-corrected chi connectivity index (χ0v) is 24.4. The summed E-state index contributed by atoms with van der Waals surface area (Å²) in [7, 11) is -4.17. The number of ether oxygens (including phenoxy) is 1. The van der Waals surface area contributed by atoms with Crippen molar-refractivity contribution in [1.82, 2.24) is 20.3 Å². The van der Waals surface area contributed by atoms with Crippen molar-refractivity contribution in [3.05, 3.63) is 95.3 Å². The Labute approximate surface area is 250 Å². The SMILES string of the molecule is O=C(CNC(=O)c1ccc(C(=O)NS(=O)(=O)c2ccc(CCNC(=O)C3CCCCC3)cc2)cn1)OCc1ccccc1. The molecule has 3 N–H and O–H groups in total. The standard InChI is InChI=1S/C31H34N4O7S/c36-28(42-21-23-7-3-1-4-8-23)20-34-31(39)27-16-13-25(19-33-27)30(38)35-43(40,41)26-14-11-22(12-15-26)17-18-32-29(37)24-9-5-2-6-10-24/h1,3-4,7-8,11-16,19,24H,2,5-6,9-10,17-18,20-21H2,(H,32,37)(H,34,39)(H,35,38). The molecular weight excluding hydrogens is 572 g/mol. The first-order valence-corrected chi connectivity index (χ1v) is 15.6. The molecule has 0 atom stereocenters. The van der Waals surface area contributed by atoms with Crippen molar-refractivity contribution < 1.29 is 32.3 Å². The molecule has 1 aliphatic carbocycles. The summed E-state index contributed by atoms with van der Waals surface area (Å²) in [6, 6.07) is 17.6. The summed E-state index contributed by atoms with van der Waals surface area (Å²) in [5.41, 5.74) is 1.51. The van der Waals surface area contributed by atoms with Gasteiger partial charge in [-0.15, -0.1) is 0 Å². The van der Waals surface area contributed by atoms with E-state index < -0.39 is 27.8 Å². The smallest absolute Gasteiger partial charge is 0.325 e. The maximum absolute atomic E-state index is 12.8. The molecule has 3 aromatic rings. The van der Waals surface area contributed by atoms with Crippen LogP contribution in [-0.4, -0.2) is 50.2 Å². The first-order chi connectivity index (χ1) is 20.7. The van der Waals surface area contributed by atoms with E-state index >= 15 is 0 Å². The molecule has 226 valence electrons. The molecule has 2 aromatic carbocycles. The molecule has 43 heavy (non-hydrogen) atoms. The quantitative estimate of drug-likeness (QED) is 0.265. The van der Waals surface area contributed by atoms with Crippen molar-refractivity contribution in [2.24, 2.45) is 5.92 Å². The van der Waals surface area contributed by atoms with Gasteiger partial charge in [0.15, 0.2) is 0 Å². The molecule has 12 heteroatoms. The third kappa shape index (κ3) is 9.47. The van der Waals surface area contributed by atoms with Gasteiger partial charge in [-0.3, -0.25) is 24.2 Å². The number of hydrogen-bond acceptors (Lipinski definition) is 8. The number of esters is 1. The summed E-state index contributed by atoms with van der Waals surface area (Å²) >= 11 is 0. The van der Waals surface area contributed by atoms with Crippen molar-refractivity contribution in [2.75, 3.05) is 13.1 Å². The number of benzene rings is 2. The van der Waals surface area contributed by atoms with Crippen LogP contribution < -0.4 is 15.4 Å². The van der Waals surface area contributed by atoms with E-state index in [1.54, 1.807) is 24.3 Å². The van der Waals surface area contributed by atoms with Crippen LogP contribution in [0.1, 0.15) is 64.1 Å². The van der Waals surface area contributed by atoms with E-state index in [1.165, 1.54) is 30.7 Å². The van der Waals surface area contributed by atoms with E-state index in [4.69, 9.17) is 4.74 Å². The summed E-state index contributed by atoms with van der Waals surface area (Å²) in [5, 5.41) is 5.35. The number of nitrogens with one attached hydrogen (secondary N) is 3. The van der Waals surface area contributed by atoms with Crippen molar-refractivity contribution in [1.29, 1.82) is 0 Å². The lowest BCUT2D eigenvalue weighted by Crippen LogP contribution is -2.33. The van der Waals surface area contributed by atoms with Crippen LogP contribution in [0.3, 0.4) is 0 Å². The Morgan fingerprint density at radius 3 is 2.21 bits per heavy atom. The Bertz CT molecular complexity index is 1520. The van der Waals surface area contributed by atoms with Crippen LogP contribution in [0, 0.1) is 5.92 Å². The molecule has 0 radical (unpaired) electrons. The molecular formula is C31H34N4O7S. The molecule has 0 aliphatic heterocycles. The number of rotatable bonds is 12. The van der Waals surface area contributed by atoms with Gasteiger partial charge in [0.05, 0.1) is 10.5 Å². The molecule has 1 heterocycles. The normalized spacial score (nSPS) is 13.5. The zero-order valence-electron chi connectivity index (χ0n) is 23.6. The van der Waals surface area contributed by atoms with Crippen molar-refractivity contribution in [3.8, 4) is 0 Å². The van der Waals surface area contributed by atoms with E-state index in [0.717, 1.165) is 43.0 Å². The maximum atomic E-state index is 12.8. The molecule has 0 saturated heterocycles. The predicted molar refractivity (Wildman–Crippen MR) is 157 cm³/mol. The van der Waals surface area contributed by atoms with Crippen LogP contribution in [0.5, 0.6) is 0 Å². The molecule has 1 fully saturated rings. The third-order valence-corrected chi connectivity index (χ3v) is 8.39. The van der Waals surface area contributed by atoms with Gasteiger partial charge in [-0.1, -0.05) is 61.7 Å². The lowest BCUT2D eigenvalue weighted by Gasteiger charge is -2.20. The van der Waals surface area contributed by atoms with E-state index in [0.29, 0.717) is 13.0 Å². The van der Waals surface area contributed by atoms with Crippen LogP contribution in [-0.2, 0) is 37.4 Å². The first-order valence-electron chi connectivity index (χ1n) is 14.1. The monoisotopic (exact) mass is 606 g/mol. The van der Waals surface area contributed by atoms with Gasteiger partial charge < -0.3 is 15.4 Å². The second-order valence-corrected chi connectivity index (χ2v) is 11.9. The number of carbonyl (C=O) groups excluding carboxylic acids is 4. The molecule has 1 aromatic heterocycles. The highest BCUT2D eigenvalue weighted by atomic mass is 32.2. The fourth-order valence-corrected chi connectivity index (χ4v) is 5.58. The van der Waals surface area contributed by atoms with Gasteiger partial charge >= 0.3 is 5.97 Å². The topological polar surface area (TPSA) is 161 Å². The molecule has 4 rings (SSSR count). The van der Waals surface area contributed by atoms with E-state index in [1.807, 2.05) is 22.9 Å². The summed E-state index contributed by atoms with van der Waals surface area (Å²) in [6.45, 7) is 0.157. The summed E-state index contributed by atoms with van der Waals surface area (Å²) < 4.78 is 32.6. The maximum Gasteiger partial charge on any atom is 0.325 e. The Hall–Kier alpha value is -4.58. The Balaban J connectivity index is 1.22. The molecule has 1 aliphatic rings. The summed E-state index contributed by atoms with van der Waals surface area (Å²) in [6.07, 6.45) is 6.81. The van der Waals surface area contributed by atoms with Crippen molar-refractivity contribution in [2.45, 2.75) is 50.0 Å². The zero-order chi connectivity index (χ0) is 30.7. The molecule has 3 amide bonds. The van der Waals surface area contributed by atoms with Crippen LogP contribution in [0.25, 0.3) is 0 Å². The number of pyridine rings is 1. The minimum absolute atomic E-state index is 0.0687. The van der Waals surface area contributed by atoms with Crippen LogP contribution in [0.4, 0.5) is 0 Å². The fourth-order valence-electron chi connectivity index (χ4n) is 4.61. The van der Waals surface area contributed by atoms with Crippen LogP contribution in [0.2, 0.25) is 0 Å². The van der Waals surface area contributed by atoms with Gasteiger partial charge in [-0.25, -0.2) is 13.1 Å². The number of amides is 3. The van der Waals surface area contributed by atoms with Gasteiger partial charge in [0.25, 0.3) is 21.8 Å². The molecule has 0 unspecified atom stereocenters. The fraction of sp³-hybridized carbons (Fsp3) is 0.323. The largest absolute Gasteiger partial charge is 0.460 e. The highest BCUT2D eigenvalue weighted by molar-refractivity contribution is 7.90. The molecule has 0 bridgehead atoms. The number of aromatic nitrogens is 1. The van der Waals surface area contributed by atoms with Gasteiger partial charge in [-0.2, -0.15) is 0 Å². The average molecular weight is 607 g/mol.